The molecule has 0 radical (unpaired) electrons. The largest absolute Gasteiger partial charge is 0.444 e. The Morgan fingerprint density at radius 1 is 1.48 bits per heavy atom. The summed E-state index contributed by atoms with van der Waals surface area (Å²) in [5, 5.41) is 8.72. The van der Waals surface area contributed by atoms with Crippen molar-refractivity contribution in [2.24, 2.45) is 0 Å². The molecule has 1 unspecified atom stereocenters. The van der Waals surface area contributed by atoms with Crippen LogP contribution in [0, 0.1) is 0 Å². The molecule has 2 aromatic rings. The number of ether oxygens (including phenoxy) is 2. The van der Waals surface area contributed by atoms with E-state index in [-0.39, 0.29) is 0 Å². The van der Waals surface area contributed by atoms with Crippen LogP contribution in [0.15, 0.2) is 34.1 Å². The first-order chi connectivity index (χ1) is 11.7. The molecule has 3 rings (SSSR count). The molecule has 2 heterocycles. The Bertz CT molecular complexity index is 768. The van der Waals surface area contributed by atoms with Crippen LogP contribution in [0.25, 0.3) is 11.3 Å². The summed E-state index contributed by atoms with van der Waals surface area (Å²) in [6.45, 7) is 6.30. The van der Waals surface area contributed by atoms with Gasteiger partial charge in [-0.2, -0.15) is 0 Å². The van der Waals surface area contributed by atoms with E-state index in [2.05, 4.69) is 31.5 Å². The number of amides is 1. The number of rotatable bonds is 5. The van der Waals surface area contributed by atoms with E-state index >= 15 is 0 Å². The van der Waals surface area contributed by atoms with Gasteiger partial charge in [0.2, 0.25) is 0 Å². The highest BCUT2D eigenvalue weighted by Crippen LogP contribution is 2.32. The summed E-state index contributed by atoms with van der Waals surface area (Å²) in [6.07, 6.45) is -0.460. The number of halogens is 1. The maximum Gasteiger partial charge on any atom is 0.407 e. The minimum absolute atomic E-state index is 0.313. The Kier molecular flexibility index (Phi) is 5.04. The molecule has 1 saturated heterocycles. The average molecular weight is 426 g/mol. The second-order valence-corrected chi connectivity index (χ2v) is 8.59. The Hall–Kier alpha value is -1.64. The molecule has 25 heavy (non-hydrogen) atoms. The van der Waals surface area contributed by atoms with E-state index in [1.54, 1.807) is 0 Å². The van der Waals surface area contributed by atoms with Gasteiger partial charge in [-0.25, -0.2) is 9.78 Å². The van der Waals surface area contributed by atoms with Gasteiger partial charge in [0.25, 0.3) is 0 Å². The number of nitrogens with zero attached hydrogens (tertiary/aromatic N) is 1. The van der Waals surface area contributed by atoms with Crippen molar-refractivity contribution in [3.8, 4) is 11.3 Å². The highest BCUT2D eigenvalue weighted by atomic mass is 79.9. The van der Waals surface area contributed by atoms with Crippen LogP contribution in [0.5, 0.6) is 0 Å². The third kappa shape index (κ3) is 5.17. The van der Waals surface area contributed by atoms with Crippen LogP contribution in [0.2, 0.25) is 0 Å². The minimum atomic E-state index is -0.608. The second-order valence-electron chi connectivity index (χ2n) is 6.81. The van der Waals surface area contributed by atoms with Crippen LogP contribution in [-0.2, 0) is 9.47 Å². The summed E-state index contributed by atoms with van der Waals surface area (Å²) >= 11 is 4.97. The molecule has 1 aliphatic rings. The monoisotopic (exact) mass is 425 g/mol. The lowest BCUT2D eigenvalue weighted by Crippen LogP contribution is -2.41. The molecule has 1 fully saturated rings. The van der Waals surface area contributed by atoms with E-state index in [0.717, 1.165) is 20.9 Å². The lowest BCUT2D eigenvalue weighted by Gasteiger charge is -2.21. The van der Waals surface area contributed by atoms with Crippen molar-refractivity contribution in [2.75, 3.05) is 18.5 Å². The Balaban J connectivity index is 1.58. The van der Waals surface area contributed by atoms with Gasteiger partial charge in [-0.1, -0.05) is 28.1 Å². The molecule has 0 saturated carbocycles. The fourth-order valence-electron chi connectivity index (χ4n) is 2.14. The van der Waals surface area contributed by atoms with Gasteiger partial charge >= 0.3 is 6.09 Å². The average Bonchev–Trinajstić information content (AvgIpc) is 3.11. The fourth-order valence-corrected chi connectivity index (χ4v) is 3.35. The van der Waals surface area contributed by atoms with Gasteiger partial charge in [0.1, 0.15) is 5.60 Å². The van der Waals surface area contributed by atoms with Crippen LogP contribution in [-0.4, -0.2) is 35.6 Å². The first-order valence-electron chi connectivity index (χ1n) is 7.85. The fraction of sp³-hybridized carbons (Fsp3) is 0.412. The molecule has 1 aromatic heterocycles. The summed E-state index contributed by atoms with van der Waals surface area (Å²) in [5.74, 6) is 0. The molecular weight excluding hydrogens is 406 g/mol. The van der Waals surface area contributed by atoms with Crippen molar-refractivity contribution in [1.29, 1.82) is 0 Å². The number of carbonyl (C=O) groups excluding carboxylic acids is 1. The van der Waals surface area contributed by atoms with Crippen molar-refractivity contribution in [3.05, 3.63) is 34.1 Å². The summed E-state index contributed by atoms with van der Waals surface area (Å²) in [7, 11) is 0. The third-order valence-corrected chi connectivity index (χ3v) is 4.62. The van der Waals surface area contributed by atoms with Crippen LogP contribution in [0.4, 0.5) is 9.93 Å². The predicted molar refractivity (Wildman–Crippen MR) is 102 cm³/mol. The van der Waals surface area contributed by atoms with E-state index in [4.69, 9.17) is 9.47 Å². The van der Waals surface area contributed by atoms with Gasteiger partial charge in [-0.3, -0.25) is 0 Å². The summed E-state index contributed by atoms with van der Waals surface area (Å²) in [6, 6.07) is 7.98. The van der Waals surface area contributed by atoms with Crippen LogP contribution in [0.1, 0.15) is 20.8 Å². The zero-order valence-electron chi connectivity index (χ0n) is 14.3. The highest BCUT2D eigenvalue weighted by molar-refractivity contribution is 9.10. The summed E-state index contributed by atoms with van der Waals surface area (Å²) < 4.78 is 11.7. The summed E-state index contributed by atoms with van der Waals surface area (Å²) in [4.78, 5) is 16.4. The number of anilines is 1. The van der Waals surface area contributed by atoms with Crippen molar-refractivity contribution in [1.82, 2.24) is 10.3 Å². The predicted octanol–water partition coefficient (Wildman–Crippen LogP) is 4.24. The van der Waals surface area contributed by atoms with E-state index in [1.807, 2.05) is 50.4 Å². The number of carbonyl (C=O) groups is 1. The number of thiazole rings is 1. The van der Waals surface area contributed by atoms with Gasteiger partial charge in [-0.05, 0) is 32.9 Å². The topological polar surface area (TPSA) is 75.8 Å². The Morgan fingerprint density at radius 2 is 2.24 bits per heavy atom. The number of benzene rings is 1. The number of alkyl carbamates (subject to hydrolysis) is 1. The molecule has 0 spiro atoms. The Labute approximate surface area is 159 Å². The third-order valence-electron chi connectivity index (χ3n) is 3.37. The molecule has 1 aliphatic heterocycles. The lowest BCUT2D eigenvalue weighted by molar-refractivity contribution is 0.0516. The molecule has 134 valence electrons. The van der Waals surface area contributed by atoms with Gasteiger partial charge < -0.3 is 20.1 Å². The molecule has 1 amide bonds. The van der Waals surface area contributed by atoms with E-state index < -0.39 is 17.4 Å². The van der Waals surface area contributed by atoms with E-state index in [0.29, 0.717) is 13.2 Å². The zero-order valence-corrected chi connectivity index (χ0v) is 16.7. The standard InChI is InChI=1S/C17H20BrN3O3S/c1-16(2,3)24-15(22)19-9-17(10-23-17)21-14-20-13(8-25-14)11-5-4-6-12(18)7-11/h4-8H,9-10H2,1-3H3,(H,19,22)(H,20,21). The number of hydrogen-bond donors (Lipinski definition) is 2. The second kappa shape index (κ2) is 6.93. The first-order valence-corrected chi connectivity index (χ1v) is 9.52. The summed E-state index contributed by atoms with van der Waals surface area (Å²) in [5.41, 5.74) is 0.799. The zero-order chi connectivity index (χ0) is 18.1. The molecule has 6 nitrogen and oxygen atoms in total. The Morgan fingerprint density at radius 3 is 2.88 bits per heavy atom. The molecule has 0 aliphatic carbocycles. The lowest BCUT2D eigenvalue weighted by atomic mass is 10.2. The smallest absolute Gasteiger partial charge is 0.407 e. The molecule has 1 aromatic carbocycles. The number of epoxide rings is 1. The normalized spacial score (nSPS) is 19.4. The minimum Gasteiger partial charge on any atom is -0.444 e. The molecule has 1 atom stereocenters. The number of aromatic nitrogens is 1. The van der Waals surface area contributed by atoms with Crippen molar-refractivity contribution in [3.63, 3.8) is 0 Å². The van der Waals surface area contributed by atoms with Crippen molar-refractivity contribution in [2.45, 2.75) is 32.1 Å². The molecule has 8 heteroatoms. The molecule has 0 bridgehead atoms. The van der Waals surface area contributed by atoms with Crippen LogP contribution in [0.3, 0.4) is 0 Å². The molecular formula is C17H20BrN3O3S. The maximum absolute atomic E-state index is 11.8. The number of nitrogens with one attached hydrogen (secondary N) is 2. The quantitative estimate of drug-likeness (QED) is 0.700. The van der Waals surface area contributed by atoms with Crippen LogP contribution >= 0.6 is 27.3 Å². The first kappa shape index (κ1) is 18.2. The van der Waals surface area contributed by atoms with Gasteiger partial charge in [0, 0.05) is 15.4 Å². The highest BCUT2D eigenvalue weighted by Gasteiger charge is 2.46. The van der Waals surface area contributed by atoms with Crippen molar-refractivity contribution < 1.29 is 14.3 Å². The molecule has 2 N–H and O–H groups in total. The maximum atomic E-state index is 11.8. The number of hydrogen-bond acceptors (Lipinski definition) is 6. The van der Waals surface area contributed by atoms with E-state index in [1.165, 1.54) is 11.3 Å². The van der Waals surface area contributed by atoms with Crippen LogP contribution < -0.4 is 10.6 Å². The SMILES string of the molecule is CC(C)(C)OC(=O)NCC1(Nc2nc(-c3cccc(Br)c3)cs2)CO1. The van der Waals surface area contributed by atoms with Crippen molar-refractivity contribution >= 4 is 38.5 Å². The van der Waals surface area contributed by atoms with E-state index in [9.17, 15) is 4.79 Å². The van der Waals surface area contributed by atoms with Gasteiger partial charge in [0.15, 0.2) is 10.9 Å². The van der Waals surface area contributed by atoms with Gasteiger partial charge in [0.05, 0.1) is 18.8 Å². The van der Waals surface area contributed by atoms with Gasteiger partial charge in [-0.15, -0.1) is 11.3 Å².